The number of ether oxygens (including phenoxy) is 1. The normalized spacial score (nSPS) is 20.6. The van der Waals surface area contributed by atoms with Gasteiger partial charge in [0.15, 0.2) is 6.04 Å². The lowest BCUT2D eigenvalue weighted by atomic mass is 9.80. The number of nitrogens with zero attached hydrogens (tertiary/aromatic N) is 1. The monoisotopic (exact) mass is 271 g/mol. The fourth-order valence-electron chi connectivity index (χ4n) is 2.08. The standard InChI is InChI=1S/C13H25N3O3/c1-4-19-12(18)10(14)11(17)15-9-13(2)5-7-16(3)8-6-13/h10H,4-9,14H2,1-3H3,(H,15,17). The largest absolute Gasteiger partial charge is 0.464 e. The number of rotatable bonds is 5. The number of hydrogen-bond acceptors (Lipinski definition) is 5. The fraction of sp³-hybridized carbons (Fsp3) is 0.846. The van der Waals surface area contributed by atoms with E-state index in [0.29, 0.717) is 6.54 Å². The van der Waals surface area contributed by atoms with Crippen LogP contribution in [0.15, 0.2) is 0 Å². The van der Waals surface area contributed by atoms with Gasteiger partial charge in [-0.05, 0) is 45.3 Å². The van der Waals surface area contributed by atoms with Gasteiger partial charge >= 0.3 is 5.97 Å². The summed E-state index contributed by atoms with van der Waals surface area (Å²) in [7, 11) is 2.09. The van der Waals surface area contributed by atoms with Crippen molar-refractivity contribution in [2.24, 2.45) is 11.1 Å². The van der Waals surface area contributed by atoms with Gasteiger partial charge in [0.2, 0.25) is 5.91 Å². The van der Waals surface area contributed by atoms with Crippen LogP contribution in [-0.2, 0) is 14.3 Å². The van der Waals surface area contributed by atoms with Crippen molar-refractivity contribution >= 4 is 11.9 Å². The van der Waals surface area contributed by atoms with E-state index in [-0.39, 0.29) is 12.0 Å². The molecule has 110 valence electrons. The first kappa shape index (κ1) is 15.9. The van der Waals surface area contributed by atoms with E-state index < -0.39 is 17.9 Å². The maximum absolute atomic E-state index is 11.8. The molecule has 0 radical (unpaired) electrons. The van der Waals surface area contributed by atoms with Crippen LogP contribution in [0.2, 0.25) is 0 Å². The van der Waals surface area contributed by atoms with Crippen molar-refractivity contribution in [3.63, 3.8) is 0 Å². The first-order valence-corrected chi connectivity index (χ1v) is 6.76. The molecule has 1 heterocycles. The van der Waals surface area contributed by atoms with E-state index in [9.17, 15) is 9.59 Å². The highest BCUT2D eigenvalue weighted by Gasteiger charge is 2.31. The van der Waals surface area contributed by atoms with E-state index in [1.54, 1.807) is 6.92 Å². The number of nitrogens with two attached hydrogens (primary N) is 1. The van der Waals surface area contributed by atoms with Gasteiger partial charge in [-0.3, -0.25) is 4.79 Å². The zero-order valence-electron chi connectivity index (χ0n) is 12.1. The Kier molecular flexibility index (Phi) is 5.75. The molecule has 0 aromatic carbocycles. The second-order valence-corrected chi connectivity index (χ2v) is 5.56. The molecule has 0 aromatic heterocycles. The van der Waals surface area contributed by atoms with Crippen LogP contribution in [-0.4, -0.2) is 56.1 Å². The molecule has 0 saturated carbocycles. The molecule has 1 aliphatic heterocycles. The molecule has 0 aromatic rings. The van der Waals surface area contributed by atoms with Gasteiger partial charge in [0.1, 0.15) is 0 Å². The van der Waals surface area contributed by atoms with Crippen LogP contribution in [0.25, 0.3) is 0 Å². The maximum atomic E-state index is 11.8. The molecule has 1 unspecified atom stereocenters. The number of nitrogens with one attached hydrogen (secondary N) is 1. The Morgan fingerprint density at radius 1 is 1.42 bits per heavy atom. The van der Waals surface area contributed by atoms with Gasteiger partial charge < -0.3 is 20.7 Å². The number of carbonyl (C=O) groups is 2. The summed E-state index contributed by atoms with van der Waals surface area (Å²) >= 11 is 0. The van der Waals surface area contributed by atoms with Crippen molar-refractivity contribution in [3.05, 3.63) is 0 Å². The molecule has 0 bridgehead atoms. The first-order valence-electron chi connectivity index (χ1n) is 6.76. The molecule has 6 nitrogen and oxygen atoms in total. The Bertz CT molecular complexity index is 325. The molecular formula is C13H25N3O3. The van der Waals surface area contributed by atoms with Crippen LogP contribution >= 0.6 is 0 Å². The van der Waals surface area contributed by atoms with Gasteiger partial charge in [-0.1, -0.05) is 6.92 Å². The first-order chi connectivity index (χ1) is 8.88. The van der Waals surface area contributed by atoms with Crippen molar-refractivity contribution < 1.29 is 14.3 Å². The summed E-state index contributed by atoms with van der Waals surface area (Å²) in [4.78, 5) is 25.4. The van der Waals surface area contributed by atoms with Gasteiger partial charge in [-0.15, -0.1) is 0 Å². The van der Waals surface area contributed by atoms with Gasteiger partial charge in [0.05, 0.1) is 6.61 Å². The Morgan fingerprint density at radius 3 is 2.53 bits per heavy atom. The lowest BCUT2D eigenvalue weighted by Crippen LogP contribution is -2.50. The lowest BCUT2D eigenvalue weighted by molar-refractivity contribution is -0.148. The Labute approximate surface area is 114 Å². The maximum Gasteiger partial charge on any atom is 0.332 e. The molecule has 1 saturated heterocycles. The van der Waals surface area contributed by atoms with E-state index in [1.807, 2.05) is 0 Å². The highest BCUT2D eigenvalue weighted by Crippen LogP contribution is 2.29. The van der Waals surface area contributed by atoms with E-state index >= 15 is 0 Å². The van der Waals surface area contributed by atoms with Crippen molar-refractivity contribution in [2.45, 2.75) is 32.7 Å². The number of amides is 1. The fourth-order valence-corrected chi connectivity index (χ4v) is 2.08. The van der Waals surface area contributed by atoms with E-state index in [0.717, 1.165) is 25.9 Å². The summed E-state index contributed by atoms with van der Waals surface area (Å²) in [6, 6.07) is -1.23. The van der Waals surface area contributed by atoms with Crippen LogP contribution in [0, 0.1) is 5.41 Å². The third kappa shape index (κ3) is 4.80. The molecule has 1 aliphatic rings. The van der Waals surface area contributed by atoms with Crippen molar-refractivity contribution in [1.82, 2.24) is 10.2 Å². The molecule has 1 rings (SSSR count). The summed E-state index contributed by atoms with van der Waals surface area (Å²) in [6.45, 7) is 6.65. The average Bonchev–Trinajstić information content (AvgIpc) is 2.39. The Morgan fingerprint density at radius 2 is 2.00 bits per heavy atom. The third-order valence-electron chi connectivity index (χ3n) is 3.71. The molecule has 1 amide bonds. The van der Waals surface area contributed by atoms with Crippen LogP contribution < -0.4 is 11.1 Å². The molecule has 6 heteroatoms. The highest BCUT2D eigenvalue weighted by molar-refractivity contribution is 6.01. The zero-order valence-corrected chi connectivity index (χ0v) is 12.1. The number of likely N-dealkylation sites (tertiary alicyclic amines) is 1. The van der Waals surface area contributed by atoms with Crippen molar-refractivity contribution in [1.29, 1.82) is 0 Å². The van der Waals surface area contributed by atoms with E-state index in [1.165, 1.54) is 0 Å². The lowest BCUT2D eigenvalue weighted by Gasteiger charge is -2.38. The van der Waals surface area contributed by atoms with Crippen LogP contribution in [0.4, 0.5) is 0 Å². The number of esters is 1. The van der Waals surface area contributed by atoms with Crippen LogP contribution in [0.5, 0.6) is 0 Å². The van der Waals surface area contributed by atoms with Crippen molar-refractivity contribution in [3.8, 4) is 0 Å². The molecule has 19 heavy (non-hydrogen) atoms. The summed E-state index contributed by atoms with van der Waals surface area (Å²) in [5.41, 5.74) is 5.61. The highest BCUT2D eigenvalue weighted by atomic mass is 16.5. The van der Waals surface area contributed by atoms with E-state index in [4.69, 9.17) is 10.5 Å². The second kappa shape index (κ2) is 6.86. The second-order valence-electron chi connectivity index (χ2n) is 5.56. The molecular weight excluding hydrogens is 246 g/mol. The van der Waals surface area contributed by atoms with Crippen molar-refractivity contribution in [2.75, 3.05) is 33.3 Å². The Balaban J connectivity index is 2.39. The zero-order chi connectivity index (χ0) is 14.5. The SMILES string of the molecule is CCOC(=O)C(N)C(=O)NCC1(C)CCN(C)CC1. The minimum absolute atomic E-state index is 0.0799. The minimum atomic E-state index is -1.23. The molecule has 0 spiro atoms. The van der Waals surface area contributed by atoms with Gasteiger partial charge in [0.25, 0.3) is 0 Å². The van der Waals surface area contributed by atoms with Gasteiger partial charge in [-0.25, -0.2) is 4.79 Å². The summed E-state index contributed by atoms with van der Waals surface area (Å²) in [5, 5.41) is 2.76. The average molecular weight is 271 g/mol. The third-order valence-corrected chi connectivity index (χ3v) is 3.71. The molecule has 0 aliphatic carbocycles. The minimum Gasteiger partial charge on any atom is -0.464 e. The van der Waals surface area contributed by atoms with Gasteiger partial charge in [0, 0.05) is 6.54 Å². The topological polar surface area (TPSA) is 84.7 Å². The summed E-state index contributed by atoms with van der Waals surface area (Å²) < 4.78 is 4.72. The molecule has 1 fully saturated rings. The summed E-state index contributed by atoms with van der Waals surface area (Å²) in [6.07, 6.45) is 2.05. The predicted molar refractivity (Wildman–Crippen MR) is 72.5 cm³/mol. The summed E-state index contributed by atoms with van der Waals surface area (Å²) in [5.74, 6) is -1.13. The molecule has 3 N–H and O–H groups in total. The van der Waals surface area contributed by atoms with Crippen LogP contribution in [0.3, 0.4) is 0 Å². The molecule has 1 atom stereocenters. The quantitative estimate of drug-likeness (QED) is 0.531. The van der Waals surface area contributed by atoms with Gasteiger partial charge in [-0.2, -0.15) is 0 Å². The number of hydrogen-bond donors (Lipinski definition) is 2. The van der Waals surface area contributed by atoms with Crippen LogP contribution in [0.1, 0.15) is 26.7 Å². The number of piperidine rings is 1. The smallest absolute Gasteiger partial charge is 0.332 e. The number of carbonyl (C=O) groups excluding carboxylic acids is 2. The predicted octanol–water partition coefficient (Wildman–Crippen LogP) is -0.275. The van der Waals surface area contributed by atoms with E-state index in [2.05, 4.69) is 24.2 Å². The Hall–Kier alpha value is -1.14.